The average Bonchev–Trinajstić information content (AvgIpc) is 2.21. The van der Waals surface area contributed by atoms with Crippen LogP contribution in [-0.4, -0.2) is 6.61 Å². The van der Waals surface area contributed by atoms with Crippen molar-refractivity contribution in [3.8, 4) is 0 Å². The molecule has 0 unspecified atom stereocenters. The molecule has 0 aliphatic rings. The Morgan fingerprint density at radius 3 is 2.93 bits per heavy atom. The predicted molar refractivity (Wildman–Crippen MR) is 54.0 cm³/mol. The first-order valence-corrected chi connectivity index (χ1v) is 10.9. The first-order valence-electron chi connectivity index (χ1n) is 3.94. The molecule has 0 radical (unpaired) electrons. The minimum atomic E-state index is -0.258. The van der Waals surface area contributed by atoms with Gasteiger partial charge >= 0.3 is 30.0 Å². The standard InChI is InChI=1S/C10H10FO.BrH.Zn/c1-2-6-12-8-9-4-3-5-10(11)7-9;;/h2-3,5,7H,1,6,8H2;1H;/q-1;;+2/p-1. The number of halogens is 2. The van der Waals surface area contributed by atoms with Gasteiger partial charge in [-0.05, 0) is 0 Å². The van der Waals surface area contributed by atoms with E-state index in [0.717, 1.165) is 5.56 Å². The molecule has 1 rings (SSSR count). The summed E-state index contributed by atoms with van der Waals surface area (Å²) in [7, 11) is 0. The van der Waals surface area contributed by atoms with Crippen LogP contribution in [0.1, 0.15) is 5.56 Å². The number of hydrogen-bond donors (Lipinski definition) is 0. The molecule has 0 aliphatic heterocycles. The van der Waals surface area contributed by atoms with Crippen molar-refractivity contribution in [1.29, 1.82) is 0 Å². The van der Waals surface area contributed by atoms with Crippen molar-refractivity contribution in [1.82, 2.24) is 0 Å². The second-order valence-corrected chi connectivity index (χ2v) is 2.34. The molecule has 0 spiro atoms. The van der Waals surface area contributed by atoms with Crippen molar-refractivity contribution >= 4 is 13.6 Å². The van der Waals surface area contributed by atoms with E-state index in [1.807, 2.05) is 0 Å². The summed E-state index contributed by atoms with van der Waals surface area (Å²) >= 11 is 4.25. The normalized spacial score (nSPS) is 8.86. The van der Waals surface area contributed by atoms with E-state index in [1.165, 1.54) is 28.5 Å². The molecule has 1 aromatic carbocycles. The van der Waals surface area contributed by atoms with E-state index in [-0.39, 0.29) is 5.82 Å². The third kappa shape index (κ3) is 6.41. The zero-order chi connectivity index (χ0) is 10.8. The molecule has 0 fully saturated rings. The molecule has 14 heavy (non-hydrogen) atoms. The van der Waals surface area contributed by atoms with Crippen molar-refractivity contribution in [2.45, 2.75) is 6.61 Å². The van der Waals surface area contributed by atoms with E-state index in [1.54, 1.807) is 12.1 Å². The Hall–Kier alpha value is -0.0466. The number of rotatable bonds is 4. The summed E-state index contributed by atoms with van der Waals surface area (Å²) in [5.41, 5.74) is 0.719. The Kier molecular flexibility index (Phi) is 9.47. The third-order valence-electron chi connectivity index (χ3n) is 1.32. The summed E-state index contributed by atoms with van der Waals surface area (Å²) in [6.45, 7) is 4.36. The van der Waals surface area contributed by atoms with Gasteiger partial charge in [0.2, 0.25) is 0 Å². The van der Waals surface area contributed by atoms with Gasteiger partial charge in [-0.25, -0.2) is 4.39 Å². The van der Waals surface area contributed by atoms with E-state index in [0.29, 0.717) is 13.2 Å². The summed E-state index contributed by atoms with van der Waals surface area (Å²) in [6, 6.07) is 7.18. The van der Waals surface area contributed by atoms with Crippen molar-refractivity contribution in [3.63, 3.8) is 0 Å². The topological polar surface area (TPSA) is 9.23 Å². The Balaban J connectivity index is 0.000000791. The summed E-state index contributed by atoms with van der Waals surface area (Å²) in [4.78, 5) is 0. The Labute approximate surface area is 100 Å². The maximum absolute atomic E-state index is 12.6. The maximum atomic E-state index is 12.6. The molecule has 0 heterocycles. The van der Waals surface area contributed by atoms with Gasteiger partial charge in [0.1, 0.15) is 0 Å². The second kappa shape index (κ2) is 9.51. The van der Waals surface area contributed by atoms with Gasteiger partial charge in [-0.15, -0.1) is 24.3 Å². The van der Waals surface area contributed by atoms with Crippen LogP contribution in [0, 0.1) is 11.9 Å². The van der Waals surface area contributed by atoms with E-state index in [2.05, 4.69) is 26.3 Å². The monoisotopic (exact) mass is 308 g/mol. The van der Waals surface area contributed by atoms with Gasteiger partial charge in [-0.2, -0.15) is 12.1 Å². The molecule has 1 aromatic rings. The van der Waals surface area contributed by atoms with E-state index in [9.17, 15) is 4.39 Å². The second-order valence-electron chi connectivity index (χ2n) is 2.34. The van der Waals surface area contributed by atoms with Crippen LogP contribution in [-0.2, 0) is 27.7 Å². The summed E-state index contributed by atoms with van der Waals surface area (Å²) < 4.78 is 17.7. The Bertz CT molecular complexity index is 268. The van der Waals surface area contributed by atoms with Gasteiger partial charge < -0.3 is 4.74 Å². The molecule has 0 amide bonds. The number of benzene rings is 1. The molecular weight excluding hydrogens is 300 g/mol. The summed E-state index contributed by atoms with van der Waals surface area (Å²) in [6.07, 6.45) is 1.65. The van der Waals surface area contributed by atoms with Gasteiger partial charge in [0, 0.05) is 12.4 Å². The summed E-state index contributed by atoms with van der Waals surface area (Å²) in [5, 5.41) is 0. The van der Waals surface area contributed by atoms with E-state index >= 15 is 0 Å². The molecule has 0 bridgehead atoms. The van der Waals surface area contributed by atoms with Crippen molar-refractivity contribution in [3.05, 3.63) is 48.3 Å². The molecule has 4 heteroatoms. The molecule has 0 atom stereocenters. The molecule has 1 nitrogen and oxygen atoms in total. The predicted octanol–water partition coefficient (Wildman–Crippen LogP) is 3.17. The fraction of sp³-hybridized carbons (Fsp3) is 0.200. The van der Waals surface area contributed by atoms with Crippen LogP contribution in [0.3, 0.4) is 0 Å². The van der Waals surface area contributed by atoms with E-state index in [4.69, 9.17) is 4.74 Å². The Morgan fingerprint density at radius 2 is 2.36 bits per heavy atom. The van der Waals surface area contributed by atoms with Crippen LogP contribution in [0.25, 0.3) is 0 Å². The number of hydrogen-bond acceptors (Lipinski definition) is 1. The molecular formula is C10H10BrFOZn. The summed E-state index contributed by atoms with van der Waals surface area (Å²) in [5.74, 6) is -0.258. The van der Waals surface area contributed by atoms with Crippen molar-refractivity contribution in [2.75, 3.05) is 6.61 Å². The van der Waals surface area contributed by atoms with Gasteiger partial charge in [0.05, 0.1) is 6.61 Å². The van der Waals surface area contributed by atoms with Gasteiger partial charge in [0.15, 0.2) is 0 Å². The molecule has 72 valence electrons. The van der Waals surface area contributed by atoms with Gasteiger partial charge in [0.25, 0.3) is 0 Å². The van der Waals surface area contributed by atoms with Crippen LogP contribution in [0.2, 0.25) is 0 Å². The van der Waals surface area contributed by atoms with E-state index < -0.39 is 0 Å². The van der Waals surface area contributed by atoms with Crippen molar-refractivity contribution in [2.24, 2.45) is 0 Å². The fourth-order valence-electron chi connectivity index (χ4n) is 0.820. The zero-order valence-corrected chi connectivity index (χ0v) is 12.4. The number of ether oxygens (including phenoxy) is 1. The first-order chi connectivity index (χ1) is 6.83. The van der Waals surface area contributed by atoms with Gasteiger partial charge in [-0.1, -0.05) is 6.08 Å². The SMILES string of the molecule is C=CCOCc1[c-]ccc(F)c1.[Zn+][Br]. The van der Waals surface area contributed by atoms with Gasteiger partial charge in [-0.3, -0.25) is 0 Å². The quantitative estimate of drug-likeness (QED) is 0.359. The van der Waals surface area contributed by atoms with Crippen LogP contribution >= 0.6 is 13.6 Å². The minimum absolute atomic E-state index is 0.258. The van der Waals surface area contributed by atoms with Crippen LogP contribution in [0.4, 0.5) is 4.39 Å². The van der Waals surface area contributed by atoms with Crippen LogP contribution in [0.5, 0.6) is 0 Å². The molecule has 0 N–H and O–H groups in total. The molecule has 0 saturated heterocycles. The fourth-order valence-corrected chi connectivity index (χ4v) is 0.820. The molecule has 0 aliphatic carbocycles. The zero-order valence-electron chi connectivity index (χ0n) is 7.80. The van der Waals surface area contributed by atoms with Crippen LogP contribution in [0.15, 0.2) is 30.9 Å². The Morgan fingerprint density at radius 1 is 1.64 bits per heavy atom. The molecule has 0 saturated carbocycles. The third-order valence-corrected chi connectivity index (χ3v) is 1.32. The average molecular weight is 310 g/mol. The van der Waals surface area contributed by atoms with Crippen molar-refractivity contribution < 1.29 is 25.5 Å². The van der Waals surface area contributed by atoms with Crippen LogP contribution < -0.4 is 0 Å². The first kappa shape index (κ1) is 14.0. The molecule has 0 aromatic heterocycles.